The number of carbonyl (C=O) groups excluding carboxylic acids is 1. The Bertz CT molecular complexity index is 1010. The minimum Gasteiger partial charge on any atom is -0.453 e. The molecule has 3 aromatic rings. The molecule has 1 heterocycles. The summed E-state index contributed by atoms with van der Waals surface area (Å²) in [4.78, 5) is 12.9. The number of hydrogen-bond acceptors (Lipinski definition) is 6. The van der Waals surface area contributed by atoms with Gasteiger partial charge in [-0.2, -0.15) is 0 Å². The van der Waals surface area contributed by atoms with Crippen LogP contribution in [0, 0.1) is 0 Å². The van der Waals surface area contributed by atoms with Gasteiger partial charge in [-0.05, 0) is 30.2 Å². The summed E-state index contributed by atoms with van der Waals surface area (Å²) in [7, 11) is 0. The molecule has 0 amide bonds. The molecule has 0 radical (unpaired) electrons. The van der Waals surface area contributed by atoms with Crippen molar-refractivity contribution >= 4 is 5.97 Å². The van der Waals surface area contributed by atoms with Crippen LogP contribution in [0.3, 0.4) is 0 Å². The van der Waals surface area contributed by atoms with E-state index in [1.165, 1.54) is 0 Å². The van der Waals surface area contributed by atoms with Crippen LogP contribution in [0.25, 0.3) is 0 Å². The highest BCUT2D eigenvalue weighted by Gasteiger charge is 2.47. The fourth-order valence-electron chi connectivity index (χ4n) is 4.10. The lowest BCUT2D eigenvalue weighted by Crippen LogP contribution is -2.60. The Morgan fingerprint density at radius 2 is 1.26 bits per heavy atom. The number of benzene rings is 3. The Balaban J connectivity index is 1.57. The van der Waals surface area contributed by atoms with Crippen molar-refractivity contribution < 1.29 is 28.8 Å². The first-order valence-electron chi connectivity index (χ1n) is 11.5. The first-order chi connectivity index (χ1) is 16.7. The Morgan fingerprint density at radius 3 is 1.79 bits per heavy atom. The van der Waals surface area contributed by atoms with E-state index >= 15 is 0 Å². The van der Waals surface area contributed by atoms with E-state index in [0.717, 1.165) is 11.1 Å². The number of esters is 1. The Kier molecular flexibility index (Phi) is 8.44. The SMILES string of the molecule is C[C@@H]1OC(CO)[C@H](OCc2ccccc2)[C@H](OCc2ccccc2)C1OC(=O)c1ccccc1. The number of carbonyl (C=O) groups is 1. The summed E-state index contributed by atoms with van der Waals surface area (Å²) < 4.78 is 24.5. The molecular formula is C28H30O6. The molecule has 178 valence electrons. The van der Waals surface area contributed by atoms with Crippen molar-refractivity contribution in [1.29, 1.82) is 0 Å². The van der Waals surface area contributed by atoms with Crippen LogP contribution in [0.2, 0.25) is 0 Å². The maximum Gasteiger partial charge on any atom is 0.338 e. The van der Waals surface area contributed by atoms with Gasteiger partial charge in [0.2, 0.25) is 0 Å². The van der Waals surface area contributed by atoms with Crippen LogP contribution in [0.15, 0.2) is 91.0 Å². The van der Waals surface area contributed by atoms with Crippen LogP contribution in [-0.4, -0.2) is 48.2 Å². The first-order valence-corrected chi connectivity index (χ1v) is 11.5. The number of ether oxygens (including phenoxy) is 4. The highest BCUT2D eigenvalue weighted by atomic mass is 16.6. The molecule has 1 N–H and O–H groups in total. The highest BCUT2D eigenvalue weighted by molar-refractivity contribution is 5.89. The normalized spacial score (nSPS) is 24.5. The second-order valence-corrected chi connectivity index (χ2v) is 8.32. The predicted molar refractivity (Wildman–Crippen MR) is 127 cm³/mol. The molecule has 0 aromatic heterocycles. The van der Waals surface area contributed by atoms with Gasteiger partial charge in [-0.25, -0.2) is 4.79 Å². The fraction of sp³-hybridized carbons (Fsp3) is 0.321. The molecule has 1 aliphatic rings. The van der Waals surface area contributed by atoms with E-state index in [1.807, 2.05) is 73.7 Å². The van der Waals surface area contributed by atoms with E-state index in [2.05, 4.69) is 0 Å². The third-order valence-electron chi connectivity index (χ3n) is 5.87. The van der Waals surface area contributed by atoms with Crippen molar-refractivity contribution in [3.63, 3.8) is 0 Å². The van der Waals surface area contributed by atoms with Gasteiger partial charge in [-0.1, -0.05) is 78.9 Å². The summed E-state index contributed by atoms with van der Waals surface area (Å²) in [5.74, 6) is -0.460. The van der Waals surface area contributed by atoms with Gasteiger partial charge in [0, 0.05) is 0 Å². The van der Waals surface area contributed by atoms with Crippen molar-refractivity contribution in [1.82, 2.24) is 0 Å². The predicted octanol–water partition coefficient (Wildman–Crippen LogP) is 4.16. The van der Waals surface area contributed by atoms with Crippen LogP contribution < -0.4 is 0 Å². The number of aliphatic hydroxyl groups excluding tert-OH is 1. The number of rotatable bonds is 9. The average Bonchev–Trinajstić information content (AvgIpc) is 2.89. The zero-order valence-corrected chi connectivity index (χ0v) is 19.2. The molecule has 6 nitrogen and oxygen atoms in total. The van der Waals surface area contributed by atoms with Gasteiger partial charge in [-0.15, -0.1) is 0 Å². The molecule has 1 aliphatic heterocycles. The molecular weight excluding hydrogens is 432 g/mol. The van der Waals surface area contributed by atoms with Crippen LogP contribution in [0.1, 0.15) is 28.4 Å². The average molecular weight is 463 g/mol. The second-order valence-electron chi connectivity index (χ2n) is 8.32. The first kappa shape index (κ1) is 24.1. The molecule has 3 aromatic carbocycles. The van der Waals surface area contributed by atoms with Crippen LogP contribution >= 0.6 is 0 Å². The molecule has 5 atom stereocenters. The van der Waals surface area contributed by atoms with E-state index in [1.54, 1.807) is 24.3 Å². The summed E-state index contributed by atoms with van der Waals surface area (Å²) in [6, 6.07) is 28.3. The van der Waals surface area contributed by atoms with Gasteiger partial charge in [0.15, 0.2) is 6.10 Å². The summed E-state index contributed by atoms with van der Waals surface area (Å²) in [6.07, 6.45) is -3.12. The van der Waals surface area contributed by atoms with Gasteiger partial charge < -0.3 is 24.1 Å². The highest BCUT2D eigenvalue weighted by Crippen LogP contribution is 2.30. The summed E-state index contributed by atoms with van der Waals surface area (Å²) in [5, 5.41) is 10.1. The lowest BCUT2D eigenvalue weighted by Gasteiger charge is -2.44. The smallest absolute Gasteiger partial charge is 0.338 e. The number of aliphatic hydroxyl groups is 1. The molecule has 0 aliphatic carbocycles. The minimum absolute atomic E-state index is 0.242. The number of hydrogen-bond donors (Lipinski definition) is 1. The summed E-state index contributed by atoms with van der Waals surface area (Å²) in [6.45, 7) is 2.19. The molecule has 34 heavy (non-hydrogen) atoms. The Hall–Kier alpha value is -3.03. The maximum atomic E-state index is 12.9. The third-order valence-corrected chi connectivity index (χ3v) is 5.87. The van der Waals surface area contributed by atoms with Gasteiger partial charge >= 0.3 is 5.97 Å². The van der Waals surface area contributed by atoms with Crippen LogP contribution in [0.4, 0.5) is 0 Å². The molecule has 4 rings (SSSR count). The topological polar surface area (TPSA) is 74.2 Å². The molecule has 1 fully saturated rings. The Labute approximate surface area is 200 Å². The van der Waals surface area contributed by atoms with Crippen molar-refractivity contribution in [3.05, 3.63) is 108 Å². The molecule has 6 heteroatoms. The maximum absolute atomic E-state index is 12.9. The van der Waals surface area contributed by atoms with Gasteiger partial charge in [-0.3, -0.25) is 0 Å². The fourth-order valence-corrected chi connectivity index (χ4v) is 4.10. The second kappa shape index (κ2) is 11.9. The van der Waals surface area contributed by atoms with Gasteiger partial charge in [0.05, 0.1) is 31.5 Å². The lowest BCUT2D eigenvalue weighted by molar-refractivity contribution is -0.253. The summed E-state index contributed by atoms with van der Waals surface area (Å²) in [5.41, 5.74) is 2.41. The molecule has 0 saturated carbocycles. The largest absolute Gasteiger partial charge is 0.453 e. The van der Waals surface area contributed by atoms with E-state index in [4.69, 9.17) is 18.9 Å². The zero-order valence-electron chi connectivity index (χ0n) is 19.2. The van der Waals surface area contributed by atoms with Crippen molar-refractivity contribution in [2.45, 2.75) is 50.7 Å². The quantitative estimate of drug-likeness (QED) is 0.482. The molecule has 2 unspecified atom stereocenters. The van der Waals surface area contributed by atoms with Crippen molar-refractivity contribution in [3.8, 4) is 0 Å². The summed E-state index contributed by atoms with van der Waals surface area (Å²) >= 11 is 0. The van der Waals surface area contributed by atoms with Crippen LogP contribution in [-0.2, 0) is 32.2 Å². The lowest BCUT2D eigenvalue weighted by atomic mass is 9.94. The third kappa shape index (κ3) is 6.10. The van der Waals surface area contributed by atoms with E-state index in [9.17, 15) is 9.90 Å². The van der Waals surface area contributed by atoms with Crippen molar-refractivity contribution in [2.24, 2.45) is 0 Å². The Morgan fingerprint density at radius 1 is 0.765 bits per heavy atom. The molecule has 0 bridgehead atoms. The van der Waals surface area contributed by atoms with E-state index < -0.39 is 36.5 Å². The minimum atomic E-state index is -0.722. The van der Waals surface area contributed by atoms with E-state index in [0.29, 0.717) is 18.8 Å². The standard InChI is InChI=1S/C28H30O6/c1-20-25(34-28(30)23-15-9-4-10-16-23)27(32-19-22-13-7-3-8-14-22)26(24(17-29)33-20)31-18-21-11-5-2-6-12-21/h2-16,20,24-27,29H,17-19H2,1H3/t20-,24?,25?,26-,27+/m0/s1. The van der Waals surface area contributed by atoms with Crippen LogP contribution in [0.5, 0.6) is 0 Å². The van der Waals surface area contributed by atoms with Gasteiger partial charge in [0.1, 0.15) is 18.3 Å². The monoisotopic (exact) mass is 462 g/mol. The molecule has 1 saturated heterocycles. The van der Waals surface area contributed by atoms with E-state index in [-0.39, 0.29) is 6.61 Å². The zero-order chi connectivity index (χ0) is 23.8. The van der Waals surface area contributed by atoms with Gasteiger partial charge in [0.25, 0.3) is 0 Å². The molecule has 0 spiro atoms. The van der Waals surface area contributed by atoms with Crippen molar-refractivity contribution in [2.75, 3.05) is 6.61 Å².